The summed E-state index contributed by atoms with van der Waals surface area (Å²) in [6.07, 6.45) is 1.51. The molecule has 2 aromatic rings. The highest BCUT2D eigenvalue weighted by Crippen LogP contribution is 2.27. The van der Waals surface area contributed by atoms with Gasteiger partial charge in [-0.15, -0.1) is 0 Å². The van der Waals surface area contributed by atoms with E-state index in [0.29, 0.717) is 28.8 Å². The number of nitrogens with one attached hydrogen (secondary N) is 1. The van der Waals surface area contributed by atoms with Crippen molar-refractivity contribution in [2.75, 3.05) is 17.7 Å². The van der Waals surface area contributed by atoms with E-state index in [2.05, 4.69) is 10.3 Å². The standard InChI is InChI=1S/C14H14ClN3O2/c1-2-20-12-6-5-9(8-10(12)15)18-14(19)13-11(16)4-3-7-17-13/h3-8H,2,16H2,1H3,(H,18,19). The van der Waals surface area contributed by atoms with Crippen LogP contribution in [0.2, 0.25) is 5.02 Å². The second-order valence-electron chi connectivity index (χ2n) is 3.97. The Morgan fingerprint density at radius 1 is 1.45 bits per heavy atom. The second-order valence-corrected chi connectivity index (χ2v) is 4.38. The summed E-state index contributed by atoms with van der Waals surface area (Å²) in [6.45, 7) is 2.39. The van der Waals surface area contributed by atoms with Gasteiger partial charge < -0.3 is 15.8 Å². The van der Waals surface area contributed by atoms with Crippen LogP contribution in [0.25, 0.3) is 0 Å². The molecule has 0 saturated carbocycles. The van der Waals surface area contributed by atoms with Gasteiger partial charge in [0.2, 0.25) is 0 Å². The molecule has 0 aliphatic carbocycles. The van der Waals surface area contributed by atoms with Gasteiger partial charge in [-0.3, -0.25) is 4.79 Å². The van der Waals surface area contributed by atoms with Crippen LogP contribution >= 0.6 is 11.6 Å². The Morgan fingerprint density at radius 2 is 2.25 bits per heavy atom. The van der Waals surface area contributed by atoms with E-state index in [1.807, 2.05) is 6.92 Å². The number of pyridine rings is 1. The molecule has 104 valence electrons. The Morgan fingerprint density at radius 3 is 2.90 bits per heavy atom. The molecule has 20 heavy (non-hydrogen) atoms. The van der Waals surface area contributed by atoms with Gasteiger partial charge in [0.25, 0.3) is 5.91 Å². The molecule has 5 nitrogen and oxygen atoms in total. The first kappa shape index (κ1) is 14.1. The predicted octanol–water partition coefficient (Wildman–Crippen LogP) is 2.97. The first-order valence-electron chi connectivity index (χ1n) is 6.06. The zero-order valence-corrected chi connectivity index (χ0v) is 11.6. The van der Waals surface area contributed by atoms with Crippen LogP contribution in [-0.2, 0) is 0 Å². The zero-order chi connectivity index (χ0) is 14.5. The van der Waals surface area contributed by atoms with Crippen molar-refractivity contribution < 1.29 is 9.53 Å². The Bertz CT molecular complexity index is 632. The van der Waals surface area contributed by atoms with Gasteiger partial charge in [0.1, 0.15) is 5.75 Å². The van der Waals surface area contributed by atoms with Gasteiger partial charge in [-0.1, -0.05) is 11.6 Å². The molecular formula is C14H14ClN3O2. The van der Waals surface area contributed by atoms with E-state index in [-0.39, 0.29) is 11.6 Å². The fourth-order valence-electron chi connectivity index (χ4n) is 1.65. The highest BCUT2D eigenvalue weighted by Gasteiger charge is 2.12. The topological polar surface area (TPSA) is 77.2 Å². The molecule has 3 N–H and O–H groups in total. The summed E-state index contributed by atoms with van der Waals surface area (Å²) in [5, 5.41) is 3.12. The molecule has 0 spiro atoms. The van der Waals surface area contributed by atoms with Crippen molar-refractivity contribution in [3.8, 4) is 5.75 Å². The third kappa shape index (κ3) is 3.19. The van der Waals surface area contributed by atoms with E-state index >= 15 is 0 Å². The van der Waals surface area contributed by atoms with E-state index in [1.165, 1.54) is 6.20 Å². The number of aromatic nitrogens is 1. The Labute approximate surface area is 121 Å². The minimum Gasteiger partial charge on any atom is -0.492 e. The van der Waals surface area contributed by atoms with E-state index in [1.54, 1.807) is 30.3 Å². The smallest absolute Gasteiger partial charge is 0.276 e. The number of nitrogen functional groups attached to an aromatic ring is 1. The molecule has 2 rings (SSSR count). The first-order valence-corrected chi connectivity index (χ1v) is 6.43. The summed E-state index contributed by atoms with van der Waals surface area (Å²) in [7, 11) is 0. The number of hydrogen-bond donors (Lipinski definition) is 2. The Balaban J connectivity index is 2.16. The van der Waals surface area contributed by atoms with Gasteiger partial charge >= 0.3 is 0 Å². The van der Waals surface area contributed by atoms with Crippen molar-refractivity contribution in [2.45, 2.75) is 6.92 Å². The quantitative estimate of drug-likeness (QED) is 0.908. The maximum absolute atomic E-state index is 12.0. The largest absolute Gasteiger partial charge is 0.492 e. The molecule has 1 aromatic carbocycles. The SMILES string of the molecule is CCOc1ccc(NC(=O)c2ncccc2N)cc1Cl. The number of halogens is 1. The van der Waals surface area contributed by atoms with Gasteiger partial charge in [-0.25, -0.2) is 4.98 Å². The van der Waals surface area contributed by atoms with Crippen LogP contribution in [0.15, 0.2) is 36.5 Å². The predicted molar refractivity (Wildman–Crippen MR) is 79.2 cm³/mol. The molecule has 0 atom stereocenters. The lowest BCUT2D eigenvalue weighted by molar-refractivity contribution is 0.102. The second kappa shape index (κ2) is 6.25. The molecule has 0 fully saturated rings. The summed E-state index contributed by atoms with van der Waals surface area (Å²) < 4.78 is 5.32. The number of hydrogen-bond acceptors (Lipinski definition) is 4. The maximum Gasteiger partial charge on any atom is 0.276 e. The van der Waals surface area contributed by atoms with E-state index in [4.69, 9.17) is 22.1 Å². The number of rotatable bonds is 4. The molecule has 0 radical (unpaired) electrons. The number of carbonyl (C=O) groups excluding carboxylic acids is 1. The molecule has 0 aliphatic rings. The van der Waals surface area contributed by atoms with Crippen molar-refractivity contribution in [2.24, 2.45) is 0 Å². The van der Waals surface area contributed by atoms with Crippen molar-refractivity contribution >= 4 is 28.9 Å². The van der Waals surface area contributed by atoms with Gasteiger partial charge in [-0.2, -0.15) is 0 Å². The number of amides is 1. The van der Waals surface area contributed by atoms with Crippen LogP contribution in [0.5, 0.6) is 5.75 Å². The van der Waals surface area contributed by atoms with Gasteiger partial charge in [0.05, 0.1) is 17.3 Å². The Hall–Kier alpha value is -2.27. The number of anilines is 2. The van der Waals surface area contributed by atoms with Crippen molar-refractivity contribution in [3.63, 3.8) is 0 Å². The number of benzene rings is 1. The monoisotopic (exact) mass is 291 g/mol. The summed E-state index contributed by atoms with van der Waals surface area (Å²) in [5.41, 5.74) is 6.75. The minimum atomic E-state index is -0.386. The molecule has 0 unspecified atom stereocenters. The lowest BCUT2D eigenvalue weighted by atomic mass is 10.2. The first-order chi connectivity index (χ1) is 9.61. The number of carbonyl (C=O) groups is 1. The van der Waals surface area contributed by atoms with Gasteiger partial charge in [0, 0.05) is 11.9 Å². The minimum absolute atomic E-state index is 0.178. The molecular weight excluding hydrogens is 278 g/mol. The van der Waals surface area contributed by atoms with Crippen LogP contribution in [0.1, 0.15) is 17.4 Å². The third-order valence-electron chi connectivity index (χ3n) is 2.54. The van der Waals surface area contributed by atoms with Crippen molar-refractivity contribution in [1.29, 1.82) is 0 Å². The number of nitrogens with two attached hydrogens (primary N) is 1. The summed E-state index contributed by atoms with van der Waals surface area (Å²) >= 11 is 6.05. The number of nitrogens with zero attached hydrogens (tertiary/aromatic N) is 1. The molecule has 0 bridgehead atoms. The molecule has 0 aliphatic heterocycles. The van der Waals surface area contributed by atoms with Crippen LogP contribution in [0, 0.1) is 0 Å². The fourth-order valence-corrected chi connectivity index (χ4v) is 1.88. The zero-order valence-electron chi connectivity index (χ0n) is 10.9. The molecule has 0 saturated heterocycles. The van der Waals surface area contributed by atoms with Crippen molar-refractivity contribution in [3.05, 3.63) is 47.2 Å². The van der Waals surface area contributed by atoms with Crippen LogP contribution in [0.4, 0.5) is 11.4 Å². The van der Waals surface area contributed by atoms with Crippen LogP contribution in [0.3, 0.4) is 0 Å². The molecule has 1 amide bonds. The van der Waals surface area contributed by atoms with E-state index in [0.717, 1.165) is 0 Å². The van der Waals surface area contributed by atoms with Crippen LogP contribution in [-0.4, -0.2) is 17.5 Å². The fraction of sp³-hybridized carbons (Fsp3) is 0.143. The highest BCUT2D eigenvalue weighted by atomic mass is 35.5. The molecule has 6 heteroatoms. The average Bonchev–Trinajstić information content (AvgIpc) is 2.42. The summed E-state index contributed by atoms with van der Waals surface area (Å²) in [6, 6.07) is 8.30. The number of ether oxygens (including phenoxy) is 1. The third-order valence-corrected chi connectivity index (χ3v) is 2.84. The van der Waals surface area contributed by atoms with Gasteiger partial charge in [-0.05, 0) is 37.3 Å². The molecule has 1 aromatic heterocycles. The van der Waals surface area contributed by atoms with E-state index < -0.39 is 0 Å². The van der Waals surface area contributed by atoms with Crippen molar-refractivity contribution in [1.82, 2.24) is 4.98 Å². The summed E-state index contributed by atoms with van der Waals surface area (Å²) in [5.74, 6) is 0.188. The average molecular weight is 292 g/mol. The highest BCUT2D eigenvalue weighted by molar-refractivity contribution is 6.32. The Kier molecular flexibility index (Phi) is 4.42. The lowest BCUT2D eigenvalue weighted by Gasteiger charge is -2.09. The normalized spacial score (nSPS) is 10.1. The summed E-state index contributed by atoms with van der Waals surface area (Å²) in [4.78, 5) is 16.0. The lowest BCUT2D eigenvalue weighted by Crippen LogP contribution is -2.15. The van der Waals surface area contributed by atoms with E-state index in [9.17, 15) is 4.79 Å². The van der Waals surface area contributed by atoms with Gasteiger partial charge in [0.15, 0.2) is 5.69 Å². The molecule has 1 heterocycles. The van der Waals surface area contributed by atoms with Crippen LogP contribution < -0.4 is 15.8 Å². The maximum atomic E-state index is 12.0.